The predicted molar refractivity (Wildman–Crippen MR) is 107 cm³/mol. The first-order valence-corrected chi connectivity index (χ1v) is 9.38. The van der Waals surface area contributed by atoms with E-state index in [1.54, 1.807) is 17.6 Å². The van der Waals surface area contributed by atoms with E-state index < -0.39 is 5.69 Å². The third-order valence-corrected chi connectivity index (χ3v) is 4.63. The number of benzene rings is 1. The lowest BCUT2D eigenvalue weighted by atomic mass is 10.2. The van der Waals surface area contributed by atoms with Crippen LogP contribution >= 0.6 is 11.3 Å². The minimum absolute atomic E-state index is 0.219. The minimum atomic E-state index is -0.452. The second kappa shape index (κ2) is 7.24. The molecule has 0 aliphatic carbocycles. The van der Waals surface area contributed by atoms with Gasteiger partial charge in [-0.25, -0.2) is 23.8 Å². The van der Waals surface area contributed by atoms with Crippen LogP contribution in [-0.2, 0) is 11.3 Å². The first-order chi connectivity index (χ1) is 13.5. The van der Waals surface area contributed by atoms with E-state index in [-0.39, 0.29) is 12.5 Å². The van der Waals surface area contributed by atoms with Gasteiger partial charge < -0.3 is 10.6 Å². The molecule has 1 aromatic carbocycles. The number of aryl methyl sites for hydroxylation is 2. The van der Waals surface area contributed by atoms with E-state index >= 15 is 0 Å². The Morgan fingerprint density at radius 1 is 1.25 bits per heavy atom. The average molecular weight is 395 g/mol. The average Bonchev–Trinajstić information content (AvgIpc) is 3.23. The maximum Gasteiger partial charge on any atom is 0.353 e. The molecule has 1 amide bonds. The van der Waals surface area contributed by atoms with Crippen LogP contribution in [0.2, 0.25) is 0 Å². The highest BCUT2D eigenvalue weighted by Crippen LogP contribution is 2.17. The van der Waals surface area contributed by atoms with Crippen LogP contribution in [0.25, 0.3) is 5.65 Å². The molecule has 0 radical (unpaired) electrons. The molecule has 142 valence electrons. The topological polar surface area (TPSA) is 106 Å². The number of fused-ring (bicyclic) bond motifs is 1. The lowest BCUT2D eigenvalue weighted by molar-refractivity contribution is -0.117. The molecule has 0 bridgehead atoms. The summed E-state index contributed by atoms with van der Waals surface area (Å²) >= 11 is 1.30. The van der Waals surface area contributed by atoms with Gasteiger partial charge in [-0.1, -0.05) is 12.1 Å². The Hall–Kier alpha value is -3.53. The Bertz CT molecular complexity index is 1210. The highest BCUT2D eigenvalue weighted by Gasteiger charge is 2.16. The number of hydrogen-bond donors (Lipinski definition) is 2. The summed E-state index contributed by atoms with van der Waals surface area (Å²) in [7, 11) is 0. The van der Waals surface area contributed by atoms with Crippen LogP contribution in [0.4, 0.5) is 16.8 Å². The molecule has 0 atom stereocenters. The molecular formula is C18H17N7O2S. The molecule has 0 saturated carbocycles. The number of rotatable bonds is 5. The maximum absolute atomic E-state index is 12.8. The first-order valence-electron chi connectivity index (χ1n) is 8.50. The number of nitrogens with zero attached hydrogens (tertiary/aromatic N) is 5. The predicted octanol–water partition coefficient (Wildman–Crippen LogP) is 2.35. The molecule has 28 heavy (non-hydrogen) atoms. The van der Waals surface area contributed by atoms with Crippen molar-refractivity contribution < 1.29 is 4.79 Å². The van der Waals surface area contributed by atoms with Crippen LogP contribution in [0.3, 0.4) is 0 Å². The number of hydrogen-bond acceptors (Lipinski definition) is 7. The third kappa shape index (κ3) is 3.62. The second-order valence-electron chi connectivity index (χ2n) is 6.23. The summed E-state index contributed by atoms with van der Waals surface area (Å²) in [4.78, 5) is 33.5. The van der Waals surface area contributed by atoms with E-state index in [2.05, 4.69) is 25.7 Å². The van der Waals surface area contributed by atoms with E-state index in [0.29, 0.717) is 22.4 Å². The molecule has 2 N–H and O–H groups in total. The summed E-state index contributed by atoms with van der Waals surface area (Å²) in [6, 6.07) is 9.43. The lowest BCUT2D eigenvalue weighted by Crippen LogP contribution is -2.28. The molecule has 10 heteroatoms. The Morgan fingerprint density at radius 3 is 2.86 bits per heavy atom. The maximum atomic E-state index is 12.8. The Labute approximate surface area is 163 Å². The van der Waals surface area contributed by atoms with Gasteiger partial charge in [0.05, 0.1) is 0 Å². The molecule has 0 saturated heterocycles. The van der Waals surface area contributed by atoms with Crippen molar-refractivity contribution in [2.24, 2.45) is 0 Å². The van der Waals surface area contributed by atoms with E-state index in [0.717, 1.165) is 15.9 Å². The zero-order valence-electron chi connectivity index (χ0n) is 15.2. The van der Waals surface area contributed by atoms with Crippen molar-refractivity contribution in [2.75, 3.05) is 10.6 Å². The number of carbonyl (C=O) groups is 1. The summed E-state index contributed by atoms with van der Waals surface area (Å²) in [5.74, 6) is -0.0319. The quantitative estimate of drug-likeness (QED) is 0.537. The zero-order chi connectivity index (χ0) is 19.7. The van der Waals surface area contributed by atoms with Gasteiger partial charge in [0, 0.05) is 29.0 Å². The van der Waals surface area contributed by atoms with Crippen LogP contribution < -0.4 is 16.3 Å². The SMILES string of the molecule is Cc1cccc(Nc2nc(C)cc3nn(CC(=O)Nc4nccs4)c(=O)n23)c1. The van der Waals surface area contributed by atoms with E-state index in [1.807, 2.05) is 38.1 Å². The zero-order valence-corrected chi connectivity index (χ0v) is 16.0. The molecule has 0 spiro atoms. The van der Waals surface area contributed by atoms with Gasteiger partial charge in [-0.15, -0.1) is 16.4 Å². The fourth-order valence-electron chi connectivity index (χ4n) is 2.77. The fourth-order valence-corrected chi connectivity index (χ4v) is 3.32. The molecule has 0 aliphatic heterocycles. The largest absolute Gasteiger partial charge is 0.353 e. The van der Waals surface area contributed by atoms with Gasteiger partial charge in [0.2, 0.25) is 11.9 Å². The standard InChI is InChI=1S/C18H17N7O2S/c1-11-4-3-5-13(8-11)21-16-20-12(2)9-14-23-24(18(27)25(14)16)10-15(26)22-17-19-6-7-28-17/h3-9H,10H2,1-2H3,(H,20,21)(H,19,22,26). The third-order valence-electron chi connectivity index (χ3n) is 3.94. The number of anilines is 3. The minimum Gasteiger partial charge on any atom is -0.325 e. The van der Waals surface area contributed by atoms with Gasteiger partial charge in [-0.3, -0.25) is 4.79 Å². The van der Waals surface area contributed by atoms with Crippen molar-refractivity contribution in [3.63, 3.8) is 0 Å². The molecule has 9 nitrogen and oxygen atoms in total. The second-order valence-corrected chi connectivity index (χ2v) is 7.13. The van der Waals surface area contributed by atoms with E-state index in [9.17, 15) is 9.59 Å². The van der Waals surface area contributed by atoms with Crippen LogP contribution in [0, 0.1) is 13.8 Å². The molecule has 4 rings (SSSR count). The van der Waals surface area contributed by atoms with Crippen LogP contribution in [-0.4, -0.2) is 30.1 Å². The fraction of sp³-hybridized carbons (Fsp3) is 0.167. The Morgan fingerprint density at radius 2 is 2.11 bits per heavy atom. The van der Waals surface area contributed by atoms with Crippen molar-refractivity contribution >= 4 is 39.7 Å². The van der Waals surface area contributed by atoms with Crippen LogP contribution in [0.1, 0.15) is 11.3 Å². The normalized spacial score (nSPS) is 10.9. The van der Waals surface area contributed by atoms with Crippen LogP contribution in [0.5, 0.6) is 0 Å². The number of aromatic nitrogens is 5. The summed E-state index contributed by atoms with van der Waals surface area (Å²) in [5, 5.41) is 12.3. The molecule has 0 fully saturated rings. The summed E-state index contributed by atoms with van der Waals surface area (Å²) in [6.07, 6.45) is 1.59. The van der Waals surface area contributed by atoms with Gasteiger partial charge in [0.25, 0.3) is 0 Å². The number of amides is 1. The number of nitrogens with one attached hydrogen (secondary N) is 2. The Balaban J connectivity index is 1.68. The molecule has 4 aromatic rings. The highest BCUT2D eigenvalue weighted by atomic mass is 32.1. The molecular weight excluding hydrogens is 378 g/mol. The Kier molecular flexibility index (Phi) is 4.62. The van der Waals surface area contributed by atoms with Crippen molar-refractivity contribution in [1.29, 1.82) is 0 Å². The van der Waals surface area contributed by atoms with Gasteiger partial charge in [0.1, 0.15) is 6.54 Å². The van der Waals surface area contributed by atoms with E-state index in [4.69, 9.17) is 0 Å². The molecule has 3 aromatic heterocycles. The molecule has 3 heterocycles. The van der Waals surface area contributed by atoms with Crippen molar-refractivity contribution in [3.05, 3.63) is 63.7 Å². The van der Waals surface area contributed by atoms with Gasteiger partial charge in [-0.05, 0) is 31.5 Å². The monoisotopic (exact) mass is 395 g/mol. The summed E-state index contributed by atoms with van der Waals surface area (Å²) in [5.41, 5.74) is 2.55. The smallest absolute Gasteiger partial charge is 0.325 e. The highest BCUT2D eigenvalue weighted by molar-refractivity contribution is 7.13. The van der Waals surface area contributed by atoms with Gasteiger partial charge in [-0.2, -0.15) is 0 Å². The van der Waals surface area contributed by atoms with Crippen LogP contribution in [0.15, 0.2) is 46.7 Å². The first kappa shape index (κ1) is 17.9. The number of carbonyl (C=O) groups excluding carboxylic acids is 1. The molecule has 0 aliphatic rings. The summed E-state index contributed by atoms with van der Waals surface area (Å²) in [6.45, 7) is 3.58. The van der Waals surface area contributed by atoms with Gasteiger partial charge >= 0.3 is 5.69 Å². The molecule has 0 unspecified atom stereocenters. The van der Waals surface area contributed by atoms with Crippen molar-refractivity contribution in [3.8, 4) is 0 Å². The number of thiazole rings is 1. The lowest BCUT2D eigenvalue weighted by Gasteiger charge is -2.08. The van der Waals surface area contributed by atoms with Gasteiger partial charge in [0.15, 0.2) is 10.8 Å². The van der Waals surface area contributed by atoms with E-state index in [1.165, 1.54) is 15.7 Å². The van der Waals surface area contributed by atoms with Crippen molar-refractivity contribution in [1.82, 2.24) is 24.1 Å². The summed E-state index contributed by atoms with van der Waals surface area (Å²) < 4.78 is 2.47. The van der Waals surface area contributed by atoms with Crippen molar-refractivity contribution in [2.45, 2.75) is 20.4 Å².